The SMILES string of the molecule is CCCNC(C)CCS(=O)(=O)CCC(=O)OC. The highest BCUT2D eigenvalue weighted by atomic mass is 32.2. The van der Waals surface area contributed by atoms with E-state index >= 15 is 0 Å². The number of hydrogen-bond donors (Lipinski definition) is 1. The smallest absolute Gasteiger partial charge is 0.306 e. The quantitative estimate of drug-likeness (QED) is 0.623. The Kier molecular flexibility index (Phi) is 8.16. The zero-order valence-corrected chi connectivity index (χ0v) is 11.7. The van der Waals surface area contributed by atoms with Crippen molar-refractivity contribution in [3.05, 3.63) is 0 Å². The van der Waals surface area contributed by atoms with Crippen LogP contribution in [-0.4, -0.2) is 45.6 Å². The van der Waals surface area contributed by atoms with Crippen LogP contribution in [0.2, 0.25) is 0 Å². The van der Waals surface area contributed by atoms with E-state index in [0.717, 1.165) is 13.0 Å². The standard InChI is InChI=1S/C11H23NO4S/c1-4-7-12-10(2)5-8-17(14,15)9-6-11(13)16-3/h10,12H,4-9H2,1-3H3. The minimum Gasteiger partial charge on any atom is -0.469 e. The van der Waals surface area contributed by atoms with Gasteiger partial charge in [-0.2, -0.15) is 0 Å². The van der Waals surface area contributed by atoms with Crippen LogP contribution in [0.25, 0.3) is 0 Å². The van der Waals surface area contributed by atoms with Gasteiger partial charge in [0.2, 0.25) is 0 Å². The van der Waals surface area contributed by atoms with Crippen molar-refractivity contribution in [1.29, 1.82) is 0 Å². The van der Waals surface area contributed by atoms with Crippen molar-refractivity contribution in [2.45, 2.75) is 39.2 Å². The number of esters is 1. The molecule has 0 aromatic carbocycles. The first kappa shape index (κ1) is 16.4. The third-order valence-corrected chi connectivity index (χ3v) is 4.13. The van der Waals surface area contributed by atoms with Crippen molar-refractivity contribution in [3.8, 4) is 0 Å². The normalized spacial score (nSPS) is 13.4. The largest absolute Gasteiger partial charge is 0.469 e. The monoisotopic (exact) mass is 265 g/mol. The number of nitrogens with one attached hydrogen (secondary N) is 1. The lowest BCUT2D eigenvalue weighted by Crippen LogP contribution is -2.29. The maximum absolute atomic E-state index is 11.6. The van der Waals surface area contributed by atoms with Crippen molar-refractivity contribution in [2.75, 3.05) is 25.2 Å². The Morgan fingerprint density at radius 1 is 1.35 bits per heavy atom. The predicted octanol–water partition coefficient (Wildman–Crippen LogP) is 0.743. The topological polar surface area (TPSA) is 72.5 Å². The molecule has 102 valence electrons. The van der Waals surface area contributed by atoms with Gasteiger partial charge < -0.3 is 10.1 Å². The third-order valence-electron chi connectivity index (χ3n) is 2.45. The van der Waals surface area contributed by atoms with Gasteiger partial charge in [0.1, 0.15) is 0 Å². The minimum absolute atomic E-state index is 0.0599. The van der Waals surface area contributed by atoms with Gasteiger partial charge in [0, 0.05) is 6.04 Å². The van der Waals surface area contributed by atoms with Crippen LogP contribution in [0.3, 0.4) is 0 Å². The highest BCUT2D eigenvalue weighted by molar-refractivity contribution is 7.91. The second kappa shape index (κ2) is 8.47. The zero-order chi connectivity index (χ0) is 13.3. The molecule has 0 bridgehead atoms. The summed E-state index contributed by atoms with van der Waals surface area (Å²) in [5, 5.41) is 3.22. The van der Waals surface area contributed by atoms with Crippen LogP contribution >= 0.6 is 0 Å². The molecule has 0 aromatic heterocycles. The number of sulfone groups is 1. The van der Waals surface area contributed by atoms with E-state index in [9.17, 15) is 13.2 Å². The molecule has 1 N–H and O–H groups in total. The third kappa shape index (κ3) is 9.12. The van der Waals surface area contributed by atoms with Gasteiger partial charge in [0.25, 0.3) is 0 Å². The summed E-state index contributed by atoms with van der Waals surface area (Å²) in [4.78, 5) is 10.8. The number of methoxy groups -OCH3 is 1. The summed E-state index contributed by atoms with van der Waals surface area (Å²) in [6.45, 7) is 4.92. The first-order valence-corrected chi connectivity index (χ1v) is 7.74. The molecule has 1 unspecified atom stereocenters. The first-order chi connectivity index (χ1) is 7.91. The van der Waals surface area contributed by atoms with Crippen LogP contribution < -0.4 is 5.32 Å². The molecule has 5 nitrogen and oxygen atoms in total. The molecule has 0 aliphatic carbocycles. The van der Waals surface area contributed by atoms with Crippen molar-refractivity contribution in [2.24, 2.45) is 0 Å². The average molecular weight is 265 g/mol. The summed E-state index contributed by atoms with van der Waals surface area (Å²) in [7, 11) is -1.89. The molecule has 0 heterocycles. The Morgan fingerprint density at radius 3 is 2.53 bits per heavy atom. The summed E-state index contributed by atoms with van der Waals surface area (Å²) in [6.07, 6.45) is 1.54. The molecule has 0 radical (unpaired) electrons. The molecule has 0 aliphatic rings. The van der Waals surface area contributed by atoms with E-state index in [1.54, 1.807) is 0 Å². The fourth-order valence-electron chi connectivity index (χ4n) is 1.29. The Labute approximate surface area is 104 Å². The average Bonchev–Trinajstić information content (AvgIpc) is 2.31. The molecule has 1 atom stereocenters. The van der Waals surface area contributed by atoms with Gasteiger partial charge in [-0.05, 0) is 26.3 Å². The van der Waals surface area contributed by atoms with Gasteiger partial charge in [-0.3, -0.25) is 4.79 Å². The van der Waals surface area contributed by atoms with Gasteiger partial charge in [-0.1, -0.05) is 6.92 Å². The summed E-state index contributed by atoms with van der Waals surface area (Å²) in [6, 6.07) is 0.183. The number of rotatable bonds is 9. The van der Waals surface area contributed by atoms with Gasteiger partial charge in [-0.15, -0.1) is 0 Å². The van der Waals surface area contributed by atoms with Crippen molar-refractivity contribution < 1.29 is 17.9 Å². The lowest BCUT2D eigenvalue weighted by molar-refractivity contribution is -0.140. The molecule has 0 aromatic rings. The molecule has 0 amide bonds. The molecule has 6 heteroatoms. The molecule has 0 spiro atoms. The Hall–Kier alpha value is -0.620. The lowest BCUT2D eigenvalue weighted by Gasteiger charge is -2.12. The first-order valence-electron chi connectivity index (χ1n) is 5.92. The van der Waals surface area contributed by atoms with Gasteiger partial charge in [0.15, 0.2) is 9.84 Å². The van der Waals surface area contributed by atoms with Crippen molar-refractivity contribution in [1.82, 2.24) is 5.32 Å². The van der Waals surface area contributed by atoms with E-state index in [-0.39, 0.29) is 24.0 Å². The fourth-order valence-corrected chi connectivity index (χ4v) is 2.69. The fraction of sp³-hybridized carbons (Fsp3) is 0.909. The van der Waals surface area contributed by atoms with Gasteiger partial charge in [-0.25, -0.2) is 8.42 Å². The molecule has 0 saturated heterocycles. The Bertz CT molecular complexity index is 313. The molecular formula is C11H23NO4S. The van der Waals surface area contributed by atoms with Gasteiger partial charge >= 0.3 is 5.97 Å². The maximum Gasteiger partial charge on any atom is 0.306 e. The summed E-state index contributed by atoms with van der Waals surface area (Å²) in [5.74, 6) is -0.493. The predicted molar refractivity (Wildman–Crippen MR) is 67.7 cm³/mol. The van der Waals surface area contributed by atoms with Crippen LogP contribution in [0.15, 0.2) is 0 Å². The van der Waals surface area contributed by atoms with Crippen molar-refractivity contribution in [3.63, 3.8) is 0 Å². The highest BCUT2D eigenvalue weighted by Gasteiger charge is 2.15. The van der Waals surface area contributed by atoms with E-state index < -0.39 is 15.8 Å². The molecule has 0 rings (SSSR count). The second-order valence-electron chi connectivity index (χ2n) is 4.12. The molecule has 0 saturated carbocycles. The summed E-state index contributed by atoms with van der Waals surface area (Å²) in [5.41, 5.74) is 0. The van der Waals surface area contributed by atoms with Crippen LogP contribution in [0.1, 0.15) is 33.1 Å². The summed E-state index contributed by atoms with van der Waals surface area (Å²) >= 11 is 0. The van der Waals surface area contributed by atoms with E-state index in [0.29, 0.717) is 6.42 Å². The molecular weight excluding hydrogens is 242 g/mol. The highest BCUT2D eigenvalue weighted by Crippen LogP contribution is 2.01. The Morgan fingerprint density at radius 2 is 2.00 bits per heavy atom. The van der Waals surface area contributed by atoms with E-state index in [4.69, 9.17) is 0 Å². The van der Waals surface area contributed by atoms with Crippen LogP contribution in [0.4, 0.5) is 0 Å². The lowest BCUT2D eigenvalue weighted by atomic mass is 10.2. The second-order valence-corrected chi connectivity index (χ2v) is 6.43. The minimum atomic E-state index is -3.15. The van der Waals surface area contributed by atoms with Crippen LogP contribution in [0, 0.1) is 0 Å². The molecule has 0 aliphatic heterocycles. The zero-order valence-electron chi connectivity index (χ0n) is 10.9. The van der Waals surface area contributed by atoms with Crippen LogP contribution in [-0.2, 0) is 19.4 Å². The van der Waals surface area contributed by atoms with E-state index in [1.807, 2.05) is 6.92 Å². The van der Waals surface area contributed by atoms with E-state index in [1.165, 1.54) is 7.11 Å². The molecule has 17 heavy (non-hydrogen) atoms. The number of carbonyl (C=O) groups excluding carboxylic acids is 1. The summed E-state index contributed by atoms with van der Waals surface area (Å²) < 4.78 is 27.6. The number of ether oxygens (including phenoxy) is 1. The van der Waals surface area contributed by atoms with Gasteiger partial charge in [0.05, 0.1) is 25.0 Å². The van der Waals surface area contributed by atoms with Crippen molar-refractivity contribution >= 4 is 15.8 Å². The Balaban J connectivity index is 3.89. The van der Waals surface area contributed by atoms with Crippen LogP contribution in [0.5, 0.6) is 0 Å². The van der Waals surface area contributed by atoms with E-state index in [2.05, 4.69) is 17.0 Å². The number of hydrogen-bond acceptors (Lipinski definition) is 5. The maximum atomic E-state index is 11.6. The molecule has 0 fully saturated rings. The number of carbonyl (C=O) groups is 1.